The largest absolute Gasteiger partial charge is 0.378 e. The van der Waals surface area contributed by atoms with Crippen molar-refractivity contribution >= 4 is 29.1 Å². The van der Waals surface area contributed by atoms with Crippen LogP contribution in [0.25, 0.3) is 0 Å². The molecule has 1 aliphatic rings. The van der Waals surface area contributed by atoms with Crippen LogP contribution in [0.3, 0.4) is 0 Å². The van der Waals surface area contributed by atoms with Crippen LogP contribution in [0.5, 0.6) is 0 Å². The fourth-order valence-corrected chi connectivity index (χ4v) is 2.48. The second-order valence-corrected chi connectivity index (χ2v) is 5.65. The monoisotopic (exact) mass is 332 g/mol. The number of halogens is 1. The van der Waals surface area contributed by atoms with Gasteiger partial charge in [0.25, 0.3) is 0 Å². The number of ether oxygens (including phenoxy) is 1. The Kier molecular flexibility index (Phi) is 5.05. The van der Waals surface area contributed by atoms with Gasteiger partial charge in [-0.05, 0) is 17.7 Å². The second-order valence-electron chi connectivity index (χ2n) is 5.21. The summed E-state index contributed by atoms with van der Waals surface area (Å²) in [6.45, 7) is 2.94. The zero-order valence-corrected chi connectivity index (χ0v) is 13.3. The van der Waals surface area contributed by atoms with E-state index in [-0.39, 0.29) is 12.3 Å². The van der Waals surface area contributed by atoms with Crippen molar-refractivity contribution in [3.05, 3.63) is 47.2 Å². The number of hydrogen-bond acceptors (Lipinski definition) is 5. The number of hydrogen-bond donors (Lipinski definition) is 1. The van der Waals surface area contributed by atoms with E-state index in [9.17, 15) is 4.79 Å². The molecule has 1 aromatic carbocycles. The average molecular weight is 333 g/mol. The molecule has 0 bridgehead atoms. The van der Waals surface area contributed by atoms with Crippen LogP contribution >= 0.6 is 11.6 Å². The first-order chi connectivity index (χ1) is 11.2. The van der Waals surface area contributed by atoms with Gasteiger partial charge in [-0.2, -0.15) is 0 Å². The maximum absolute atomic E-state index is 12.1. The molecule has 1 aromatic heterocycles. The van der Waals surface area contributed by atoms with Crippen molar-refractivity contribution < 1.29 is 9.53 Å². The number of nitrogens with one attached hydrogen (secondary N) is 1. The predicted octanol–water partition coefficient (Wildman–Crippen LogP) is 2.15. The molecule has 1 saturated heterocycles. The highest BCUT2D eigenvalue weighted by atomic mass is 35.5. The zero-order valence-electron chi connectivity index (χ0n) is 12.5. The number of morpholine rings is 1. The van der Waals surface area contributed by atoms with Gasteiger partial charge in [0.1, 0.15) is 18.0 Å². The third-order valence-corrected chi connectivity index (χ3v) is 3.79. The highest BCUT2D eigenvalue weighted by Crippen LogP contribution is 2.16. The quantitative estimate of drug-likeness (QED) is 0.929. The number of rotatable bonds is 4. The Morgan fingerprint density at radius 1 is 1.22 bits per heavy atom. The smallest absolute Gasteiger partial charge is 0.229 e. The first kappa shape index (κ1) is 15.7. The lowest BCUT2D eigenvalue weighted by atomic mass is 10.1. The average Bonchev–Trinajstić information content (AvgIpc) is 2.58. The molecule has 0 radical (unpaired) electrons. The Morgan fingerprint density at radius 3 is 2.70 bits per heavy atom. The molecule has 0 spiro atoms. The second kappa shape index (κ2) is 7.39. The van der Waals surface area contributed by atoms with E-state index in [0.29, 0.717) is 24.1 Å². The molecule has 6 nitrogen and oxygen atoms in total. The van der Waals surface area contributed by atoms with Gasteiger partial charge < -0.3 is 15.0 Å². The number of carbonyl (C=O) groups excluding carboxylic acids is 1. The Morgan fingerprint density at radius 2 is 1.96 bits per heavy atom. The molecule has 1 aliphatic heterocycles. The minimum atomic E-state index is -0.126. The van der Waals surface area contributed by atoms with E-state index in [2.05, 4.69) is 20.2 Å². The molecule has 3 rings (SSSR count). The van der Waals surface area contributed by atoms with Crippen LogP contribution in [0.1, 0.15) is 5.56 Å². The molecule has 0 atom stereocenters. The minimum Gasteiger partial charge on any atom is -0.378 e. The van der Waals surface area contributed by atoms with Crippen LogP contribution in [0.4, 0.5) is 11.6 Å². The van der Waals surface area contributed by atoms with Gasteiger partial charge in [0.15, 0.2) is 0 Å². The summed E-state index contributed by atoms with van der Waals surface area (Å²) in [6.07, 6.45) is 1.73. The Labute approximate surface area is 139 Å². The highest BCUT2D eigenvalue weighted by Gasteiger charge is 2.13. The number of aromatic nitrogens is 2. The van der Waals surface area contributed by atoms with Gasteiger partial charge in [-0.15, -0.1) is 0 Å². The van der Waals surface area contributed by atoms with E-state index in [1.807, 2.05) is 12.1 Å². The lowest BCUT2D eigenvalue weighted by Gasteiger charge is -2.27. The normalized spacial score (nSPS) is 14.6. The van der Waals surface area contributed by atoms with Crippen molar-refractivity contribution in [1.82, 2.24) is 9.97 Å². The van der Waals surface area contributed by atoms with Gasteiger partial charge >= 0.3 is 0 Å². The summed E-state index contributed by atoms with van der Waals surface area (Å²) in [5, 5.41) is 3.46. The van der Waals surface area contributed by atoms with Gasteiger partial charge in [0.05, 0.1) is 19.6 Å². The highest BCUT2D eigenvalue weighted by molar-refractivity contribution is 6.30. The number of anilines is 2. The Bertz CT molecular complexity index is 672. The molecule has 0 saturated carbocycles. The van der Waals surface area contributed by atoms with Crippen LogP contribution in [-0.2, 0) is 16.0 Å². The summed E-state index contributed by atoms with van der Waals surface area (Å²) in [4.78, 5) is 22.6. The lowest BCUT2D eigenvalue weighted by Crippen LogP contribution is -2.36. The third kappa shape index (κ3) is 4.40. The van der Waals surface area contributed by atoms with Gasteiger partial charge in [0, 0.05) is 24.2 Å². The predicted molar refractivity (Wildman–Crippen MR) is 88.8 cm³/mol. The van der Waals surface area contributed by atoms with E-state index in [1.165, 1.54) is 6.33 Å². The topological polar surface area (TPSA) is 67.4 Å². The molecule has 0 aliphatic carbocycles. The zero-order chi connectivity index (χ0) is 16.1. The summed E-state index contributed by atoms with van der Waals surface area (Å²) in [5.74, 6) is 1.17. The van der Waals surface area contributed by atoms with E-state index in [1.54, 1.807) is 18.2 Å². The van der Waals surface area contributed by atoms with Crippen molar-refractivity contribution in [1.29, 1.82) is 0 Å². The van der Waals surface area contributed by atoms with Crippen molar-refractivity contribution in [2.45, 2.75) is 6.42 Å². The Hall–Kier alpha value is -2.18. The van der Waals surface area contributed by atoms with Gasteiger partial charge in [-0.3, -0.25) is 4.79 Å². The van der Waals surface area contributed by atoms with E-state index < -0.39 is 0 Å². The van der Waals surface area contributed by atoms with Crippen LogP contribution in [0, 0.1) is 0 Å². The van der Waals surface area contributed by atoms with Gasteiger partial charge in [-0.25, -0.2) is 9.97 Å². The number of amides is 1. The number of nitrogens with zero attached hydrogens (tertiary/aromatic N) is 3. The van der Waals surface area contributed by atoms with E-state index in [0.717, 1.165) is 24.5 Å². The molecule has 1 fully saturated rings. The summed E-state index contributed by atoms with van der Waals surface area (Å²) < 4.78 is 5.33. The summed E-state index contributed by atoms with van der Waals surface area (Å²) in [7, 11) is 0. The molecular weight excluding hydrogens is 316 g/mol. The summed E-state index contributed by atoms with van der Waals surface area (Å²) in [5.41, 5.74) is 0.898. The molecule has 1 N–H and O–H groups in total. The number of carbonyl (C=O) groups is 1. The maximum Gasteiger partial charge on any atom is 0.229 e. The lowest BCUT2D eigenvalue weighted by molar-refractivity contribution is -0.115. The van der Waals surface area contributed by atoms with Crippen molar-refractivity contribution in [3.8, 4) is 0 Å². The van der Waals surface area contributed by atoms with Crippen LogP contribution in [0.2, 0.25) is 5.02 Å². The fourth-order valence-electron chi connectivity index (χ4n) is 2.36. The first-order valence-corrected chi connectivity index (χ1v) is 7.77. The van der Waals surface area contributed by atoms with Crippen LogP contribution in [0.15, 0.2) is 36.7 Å². The molecule has 1 amide bonds. The fraction of sp³-hybridized carbons (Fsp3) is 0.312. The van der Waals surface area contributed by atoms with E-state index >= 15 is 0 Å². The Balaban J connectivity index is 1.62. The third-order valence-electron chi connectivity index (χ3n) is 3.53. The molecule has 0 unspecified atom stereocenters. The maximum atomic E-state index is 12.1. The standard InChI is InChI=1S/C16H17ClN4O2/c17-13-3-1-12(2-4-13)9-16(22)20-14-10-15(19-11-18-14)21-5-7-23-8-6-21/h1-4,10-11H,5-9H2,(H,18,19,20,22). The summed E-state index contributed by atoms with van der Waals surface area (Å²) in [6, 6.07) is 8.99. The van der Waals surface area contributed by atoms with Gasteiger partial charge in [-0.1, -0.05) is 23.7 Å². The molecule has 2 aromatic rings. The molecule has 23 heavy (non-hydrogen) atoms. The van der Waals surface area contributed by atoms with Crippen molar-refractivity contribution in [3.63, 3.8) is 0 Å². The SMILES string of the molecule is O=C(Cc1ccc(Cl)cc1)Nc1cc(N2CCOCC2)ncn1. The minimum absolute atomic E-state index is 0.126. The van der Waals surface area contributed by atoms with E-state index in [4.69, 9.17) is 16.3 Å². The van der Waals surface area contributed by atoms with Gasteiger partial charge in [0.2, 0.25) is 5.91 Å². The molecule has 120 valence electrons. The summed E-state index contributed by atoms with van der Waals surface area (Å²) >= 11 is 5.84. The molecule has 7 heteroatoms. The van der Waals surface area contributed by atoms with Crippen LogP contribution in [-0.4, -0.2) is 42.2 Å². The van der Waals surface area contributed by atoms with Crippen molar-refractivity contribution in [2.75, 3.05) is 36.5 Å². The van der Waals surface area contributed by atoms with Crippen LogP contribution < -0.4 is 10.2 Å². The first-order valence-electron chi connectivity index (χ1n) is 7.40. The number of benzene rings is 1. The molecule has 2 heterocycles. The molecular formula is C16H17ClN4O2. The van der Waals surface area contributed by atoms with Crippen molar-refractivity contribution in [2.24, 2.45) is 0 Å².